The first-order chi connectivity index (χ1) is 12.2. The summed E-state index contributed by atoms with van der Waals surface area (Å²) in [5.74, 6) is 0.0553. The third-order valence-corrected chi connectivity index (χ3v) is 5.17. The van der Waals surface area contributed by atoms with Gasteiger partial charge in [-0.3, -0.25) is 9.69 Å². The summed E-state index contributed by atoms with van der Waals surface area (Å²) in [5, 5.41) is 3.00. The average Bonchev–Trinajstić information content (AvgIpc) is 2.64. The largest absolute Gasteiger partial charge is 0.352 e. The number of benzene rings is 2. The van der Waals surface area contributed by atoms with Crippen LogP contribution in [0.1, 0.15) is 36.0 Å². The number of halogens is 1. The number of hydrogen-bond donors (Lipinski definition) is 1. The highest BCUT2D eigenvalue weighted by Gasteiger charge is 2.10. The van der Waals surface area contributed by atoms with Gasteiger partial charge in [-0.2, -0.15) is 0 Å². The third-order valence-electron chi connectivity index (χ3n) is 4.65. The fourth-order valence-electron chi connectivity index (χ4n) is 3.19. The topological polar surface area (TPSA) is 32.3 Å². The molecule has 1 N–H and O–H groups in total. The summed E-state index contributed by atoms with van der Waals surface area (Å²) < 4.78 is 1.03. The molecule has 3 rings (SSSR count). The van der Waals surface area contributed by atoms with E-state index in [-0.39, 0.29) is 5.91 Å². The second-order valence-corrected chi connectivity index (χ2v) is 7.65. The van der Waals surface area contributed by atoms with Gasteiger partial charge in [0.15, 0.2) is 0 Å². The lowest BCUT2D eigenvalue weighted by Gasteiger charge is -2.26. The zero-order valence-electron chi connectivity index (χ0n) is 14.5. The molecule has 1 amide bonds. The third kappa shape index (κ3) is 5.98. The Hall–Kier alpha value is -1.65. The van der Waals surface area contributed by atoms with E-state index in [2.05, 4.69) is 50.4 Å². The predicted molar refractivity (Wildman–Crippen MR) is 105 cm³/mol. The first kappa shape index (κ1) is 18.2. The lowest BCUT2D eigenvalue weighted by Crippen LogP contribution is -2.29. The van der Waals surface area contributed by atoms with E-state index < -0.39 is 0 Å². The molecular formula is C21H25BrN2O. The van der Waals surface area contributed by atoms with Crippen LogP contribution >= 0.6 is 15.9 Å². The van der Waals surface area contributed by atoms with Crippen LogP contribution in [0.5, 0.6) is 0 Å². The van der Waals surface area contributed by atoms with Gasteiger partial charge in [0.25, 0.3) is 0 Å². The zero-order valence-corrected chi connectivity index (χ0v) is 16.1. The Morgan fingerprint density at radius 1 is 0.880 bits per heavy atom. The number of nitrogens with one attached hydrogen (secondary N) is 1. The fourth-order valence-corrected chi connectivity index (χ4v) is 3.45. The van der Waals surface area contributed by atoms with Crippen LogP contribution in [0.15, 0.2) is 53.0 Å². The van der Waals surface area contributed by atoms with Gasteiger partial charge in [0.05, 0.1) is 6.42 Å². The van der Waals surface area contributed by atoms with Gasteiger partial charge in [-0.15, -0.1) is 0 Å². The summed E-state index contributed by atoms with van der Waals surface area (Å²) in [6, 6.07) is 16.5. The molecule has 0 spiro atoms. The van der Waals surface area contributed by atoms with Crippen molar-refractivity contribution >= 4 is 21.8 Å². The Morgan fingerprint density at radius 2 is 1.48 bits per heavy atom. The van der Waals surface area contributed by atoms with E-state index >= 15 is 0 Å². The Labute approximate surface area is 158 Å². The molecule has 0 saturated carbocycles. The van der Waals surface area contributed by atoms with Gasteiger partial charge in [0.1, 0.15) is 0 Å². The molecule has 1 fully saturated rings. The van der Waals surface area contributed by atoms with E-state index in [1.807, 2.05) is 24.3 Å². The van der Waals surface area contributed by atoms with Crippen molar-refractivity contribution in [1.29, 1.82) is 0 Å². The van der Waals surface area contributed by atoms with E-state index in [9.17, 15) is 4.79 Å². The van der Waals surface area contributed by atoms with E-state index in [1.54, 1.807) is 0 Å². The quantitative estimate of drug-likeness (QED) is 0.783. The van der Waals surface area contributed by atoms with Gasteiger partial charge in [0.2, 0.25) is 5.91 Å². The van der Waals surface area contributed by atoms with Crippen molar-refractivity contribution in [2.24, 2.45) is 0 Å². The molecule has 3 nitrogen and oxygen atoms in total. The SMILES string of the molecule is O=C(Cc1ccc(Br)cc1)NCc1ccc(CN2CCCCC2)cc1. The number of likely N-dealkylation sites (tertiary alicyclic amines) is 1. The Morgan fingerprint density at radius 3 is 2.16 bits per heavy atom. The highest BCUT2D eigenvalue weighted by molar-refractivity contribution is 9.10. The number of piperidine rings is 1. The monoisotopic (exact) mass is 400 g/mol. The number of nitrogens with zero attached hydrogens (tertiary/aromatic N) is 1. The highest BCUT2D eigenvalue weighted by Crippen LogP contribution is 2.14. The second-order valence-electron chi connectivity index (χ2n) is 6.73. The Bertz CT molecular complexity index is 676. The molecule has 25 heavy (non-hydrogen) atoms. The summed E-state index contributed by atoms with van der Waals surface area (Å²) in [6.07, 6.45) is 4.43. The van der Waals surface area contributed by atoms with Crippen molar-refractivity contribution in [2.45, 2.75) is 38.8 Å². The van der Waals surface area contributed by atoms with E-state index in [0.717, 1.165) is 22.1 Å². The van der Waals surface area contributed by atoms with Gasteiger partial charge in [-0.1, -0.05) is 58.7 Å². The van der Waals surface area contributed by atoms with Crippen LogP contribution in [0, 0.1) is 0 Å². The molecule has 0 unspecified atom stereocenters. The molecule has 4 heteroatoms. The molecule has 2 aromatic carbocycles. The minimum Gasteiger partial charge on any atom is -0.352 e. The van der Waals surface area contributed by atoms with Crippen LogP contribution in [0.3, 0.4) is 0 Å². The molecule has 0 atom stereocenters. The molecule has 1 aliphatic heterocycles. The normalized spacial score (nSPS) is 15.1. The summed E-state index contributed by atoms with van der Waals surface area (Å²) in [5.41, 5.74) is 3.52. The van der Waals surface area contributed by atoms with Crippen molar-refractivity contribution in [3.63, 3.8) is 0 Å². The van der Waals surface area contributed by atoms with Crippen LogP contribution in [0.25, 0.3) is 0 Å². The second kappa shape index (κ2) is 9.16. The van der Waals surface area contributed by atoms with Crippen LogP contribution in [-0.4, -0.2) is 23.9 Å². The van der Waals surface area contributed by atoms with Crippen molar-refractivity contribution in [3.05, 3.63) is 69.7 Å². The van der Waals surface area contributed by atoms with Gasteiger partial charge in [-0.25, -0.2) is 0 Å². The molecule has 1 saturated heterocycles. The van der Waals surface area contributed by atoms with Crippen molar-refractivity contribution in [2.75, 3.05) is 13.1 Å². The van der Waals surface area contributed by atoms with Gasteiger partial charge >= 0.3 is 0 Å². The van der Waals surface area contributed by atoms with E-state index in [0.29, 0.717) is 13.0 Å². The standard InChI is InChI=1S/C21H25BrN2O/c22-20-10-8-17(9-11-20)14-21(25)23-15-18-4-6-19(7-5-18)16-24-12-2-1-3-13-24/h4-11H,1-3,12-16H2,(H,23,25). The lowest BCUT2D eigenvalue weighted by molar-refractivity contribution is -0.120. The van der Waals surface area contributed by atoms with Crippen molar-refractivity contribution < 1.29 is 4.79 Å². The summed E-state index contributed by atoms with van der Waals surface area (Å²) in [7, 11) is 0. The van der Waals surface area contributed by atoms with Gasteiger partial charge in [0, 0.05) is 17.6 Å². The van der Waals surface area contributed by atoms with Crippen molar-refractivity contribution in [1.82, 2.24) is 10.2 Å². The summed E-state index contributed by atoms with van der Waals surface area (Å²) in [4.78, 5) is 14.6. The molecule has 0 bridgehead atoms. The maximum Gasteiger partial charge on any atom is 0.224 e. The predicted octanol–water partition coefficient (Wildman–Crippen LogP) is 4.29. The number of hydrogen-bond acceptors (Lipinski definition) is 2. The van der Waals surface area contributed by atoms with Crippen LogP contribution in [0.2, 0.25) is 0 Å². The maximum absolute atomic E-state index is 12.1. The molecule has 132 valence electrons. The summed E-state index contributed by atoms with van der Waals surface area (Å²) in [6.45, 7) is 4.05. The first-order valence-electron chi connectivity index (χ1n) is 9.00. The van der Waals surface area contributed by atoms with Crippen LogP contribution < -0.4 is 5.32 Å². The maximum atomic E-state index is 12.1. The first-order valence-corrected chi connectivity index (χ1v) is 9.80. The Kier molecular flexibility index (Phi) is 6.65. The molecule has 0 radical (unpaired) electrons. The van der Waals surface area contributed by atoms with Crippen LogP contribution in [0.4, 0.5) is 0 Å². The van der Waals surface area contributed by atoms with Gasteiger partial charge < -0.3 is 5.32 Å². The fraction of sp³-hybridized carbons (Fsp3) is 0.381. The lowest BCUT2D eigenvalue weighted by atomic mass is 10.1. The highest BCUT2D eigenvalue weighted by atomic mass is 79.9. The Balaban J connectivity index is 1.44. The minimum absolute atomic E-state index is 0.0553. The smallest absolute Gasteiger partial charge is 0.224 e. The van der Waals surface area contributed by atoms with Gasteiger partial charge in [-0.05, 0) is 54.8 Å². The number of amides is 1. The molecule has 0 aromatic heterocycles. The minimum atomic E-state index is 0.0553. The zero-order chi connectivity index (χ0) is 17.5. The average molecular weight is 401 g/mol. The number of carbonyl (C=O) groups is 1. The van der Waals surface area contributed by atoms with E-state index in [4.69, 9.17) is 0 Å². The summed E-state index contributed by atoms with van der Waals surface area (Å²) >= 11 is 3.41. The van der Waals surface area contributed by atoms with Crippen molar-refractivity contribution in [3.8, 4) is 0 Å². The molecule has 0 aliphatic carbocycles. The number of carbonyl (C=O) groups excluding carboxylic acids is 1. The number of rotatable bonds is 6. The molecule has 2 aromatic rings. The van der Waals surface area contributed by atoms with Crippen LogP contribution in [-0.2, 0) is 24.3 Å². The molecular weight excluding hydrogens is 376 g/mol. The molecule has 1 aliphatic rings. The van der Waals surface area contributed by atoms with E-state index in [1.165, 1.54) is 37.9 Å². The molecule has 1 heterocycles.